The molecule has 1 heterocycles. The van der Waals surface area contributed by atoms with Crippen LogP contribution in [0.3, 0.4) is 0 Å². The molecule has 4 aromatic carbocycles. The van der Waals surface area contributed by atoms with Gasteiger partial charge in [0.25, 0.3) is 5.91 Å². The van der Waals surface area contributed by atoms with Crippen LogP contribution in [0.5, 0.6) is 0 Å². The van der Waals surface area contributed by atoms with Crippen LogP contribution in [0, 0.1) is 6.92 Å². The van der Waals surface area contributed by atoms with Gasteiger partial charge in [-0.25, -0.2) is 0 Å². The number of hydrogen-bond acceptors (Lipinski definition) is 3. The van der Waals surface area contributed by atoms with E-state index in [0.29, 0.717) is 5.56 Å². The fourth-order valence-electron chi connectivity index (χ4n) is 4.49. The molecular weight excluding hydrogens is 406 g/mol. The van der Waals surface area contributed by atoms with Crippen molar-refractivity contribution in [3.63, 3.8) is 0 Å². The van der Waals surface area contributed by atoms with Crippen molar-refractivity contribution in [2.75, 3.05) is 43.4 Å². The molecule has 5 rings (SSSR count). The van der Waals surface area contributed by atoms with Crippen molar-refractivity contribution in [2.24, 2.45) is 0 Å². The Kier molecular flexibility index (Phi) is 5.84. The largest absolute Gasteiger partial charge is 0.367 e. The summed E-state index contributed by atoms with van der Waals surface area (Å²) in [5, 5.41) is 5.65. The molecule has 4 nitrogen and oxygen atoms in total. The number of carbonyl (C=O) groups excluding carboxylic acids is 1. The van der Waals surface area contributed by atoms with Gasteiger partial charge in [-0.15, -0.1) is 0 Å². The molecule has 0 aromatic heterocycles. The normalized spacial score (nSPS) is 14.4. The molecule has 0 bridgehead atoms. The van der Waals surface area contributed by atoms with Crippen LogP contribution in [0.15, 0.2) is 84.9 Å². The van der Waals surface area contributed by atoms with E-state index in [1.807, 2.05) is 31.2 Å². The minimum Gasteiger partial charge on any atom is -0.367 e. The minimum absolute atomic E-state index is 0.0789. The lowest BCUT2D eigenvalue weighted by atomic mass is 10.00. The second kappa shape index (κ2) is 9.08. The fraction of sp³-hybridized carbons (Fsp3) is 0.207. The van der Waals surface area contributed by atoms with Gasteiger partial charge in [0.05, 0.1) is 11.4 Å². The Morgan fingerprint density at radius 3 is 2.27 bits per heavy atom. The number of benzene rings is 4. The number of carbonyl (C=O) groups is 1. The molecule has 1 fully saturated rings. The zero-order chi connectivity index (χ0) is 22.8. The van der Waals surface area contributed by atoms with Crippen LogP contribution in [0.4, 0.5) is 11.4 Å². The Hall–Kier alpha value is -3.63. The van der Waals surface area contributed by atoms with E-state index >= 15 is 0 Å². The zero-order valence-corrected chi connectivity index (χ0v) is 19.2. The van der Waals surface area contributed by atoms with Gasteiger partial charge in [-0.3, -0.25) is 4.79 Å². The SMILES string of the molecule is Cc1cccc(C(=O)Nc2cc(-c3ccc4ccccc4c3)ccc2N2CCN(C)CC2)c1. The summed E-state index contributed by atoms with van der Waals surface area (Å²) >= 11 is 0. The molecule has 0 unspecified atom stereocenters. The van der Waals surface area contributed by atoms with Crippen LogP contribution in [0.1, 0.15) is 15.9 Å². The molecule has 0 aliphatic carbocycles. The second-order valence-electron chi connectivity index (χ2n) is 8.91. The van der Waals surface area contributed by atoms with Crippen LogP contribution in [-0.4, -0.2) is 44.0 Å². The van der Waals surface area contributed by atoms with E-state index in [2.05, 4.69) is 82.8 Å². The van der Waals surface area contributed by atoms with Crippen LogP contribution in [0.25, 0.3) is 21.9 Å². The second-order valence-corrected chi connectivity index (χ2v) is 8.91. The van der Waals surface area contributed by atoms with Crippen molar-refractivity contribution in [2.45, 2.75) is 6.92 Å². The number of likely N-dealkylation sites (N-methyl/N-ethyl adjacent to an activating group) is 1. The van der Waals surface area contributed by atoms with E-state index in [4.69, 9.17) is 0 Å². The molecule has 0 radical (unpaired) electrons. The molecule has 0 saturated carbocycles. The predicted molar refractivity (Wildman–Crippen MR) is 138 cm³/mol. The van der Waals surface area contributed by atoms with Crippen molar-refractivity contribution >= 4 is 28.1 Å². The van der Waals surface area contributed by atoms with Crippen molar-refractivity contribution in [1.82, 2.24) is 4.90 Å². The lowest BCUT2D eigenvalue weighted by Gasteiger charge is -2.35. The lowest BCUT2D eigenvalue weighted by Crippen LogP contribution is -2.44. The highest BCUT2D eigenvalue weighted by Gasteiger charge is 2.19. The Morgan fingerprint density at radius 1 is 0.758 bits per heavy atom. The van der Waals surface area contributed by atoms with E-state index in [-0.39, 0.29) is 5.91 Å². The summed E-state index contributed by atoms with van der Waals surface area (Å²) in [5.74, 6) is -0.0789. The first-order chi connectivity index (χ1) is 16.1. The first kappa shape index (κ1) is 21.2. The third-order valence-corrected chi connectivity index (χ3v) is 6.45. The molecule has 166 valence electrons. The van der Waals surface area contributed by atoms with Gasteiger partial charge >= 0.3 is 0 Å². The predicted octanol–water partition coefficient (Wildman–Crippen LogP) is 5.82. The van der Waals surface area contributed by atoms with Crippen LogP contribution >= 0.6 is 0 Å². The maximum absolute atomic E-state index is 13.1. The monoisotopic (exact) mass is 435 g/mol. The maximum Gasteiger partial charge on any atom is 0.255 e. The summed E-state index contributed by atoms with van der Waals surface area (Å²) in [6.07, 6.45) is 0. The van der Waals surface area contributed by atoms with E-state index in [0.717, 1.165) is 54.2 Å². The Morgan fingerprint density at radius 2 is 1.48 bits per heavy atom. The minimum atomic E-state index is -0.0789. The molecule has 1 N–H and O–H groups in total. The highest BCUT2D eigenvalue weighted by Crippen LogP contribution is 2.34. The summed E-state index contributed by atoms with van der Waals surface area (Å²) in [4.78, 5) is 17.8. The average Bonchev–Trinajstić information content (AvgIpc) is 2.84. The molecule has 1 aliphatic rings. The maximum atomic E-state index is 13.1. The third-order valence-electron chi connectivity index (χ3n) is 6.45. The number of aryl methyl sites for hydroxylation is 1. The molecule has 4 aromatic rings. The molecule has 1 aliphatic heterocycles. The van der Waals surface area contributed by atoms with Gasteiger partial charge < -0.3 is 15.1 Å². The smallest absolute Gasteiger partial charge is 0.255 e. The van der Waals surface area contributed by atoms with Crippen molar-refractivity contribution < 1.29 is 4.79 Å². The molecule has 1 saturated heterocycles. The van der Waals surface area contributed by atoms with Crippen LogP contribution in [0.2, 0.25) is 0 Å². The van der Waals surface area contributed by atoms with Gasteiger partial charge in [-0.1, -0.05) is 60.2 Å². The summed E-state index contributed by atoms with van der Waals surface area (Å²) in [6.45, 7) is 5.92. The van der Waals surface area contributed by atoms with E-state index < -0.39 is 0 Å². The number of nitrogens with zero attached hydrogens (tertiary/aromatic N) is 2. The number of amides is 1. The number of nitrogens with one attached hydrogen (secondary N) is 1. The molecular formula is C29H29N3O. The summed E-state index contributed by atoms with van der Waals surface area (Å²) < 4.78 is 0. The van der Waals surface area contributed by atoms with Crippen molar-refractivity contribution in [1.29, 1.82) is 0 Å². The molecule has 0 atom stereocenters. The standard InChI is InChI=1S/C29H29N3O/c1-21-6-5-9-26(18-21)29(33)30-27-20-25(12-13-28(27)32-16-14-31(2)15-17-32)24-11-10-22-7-3-4-8-23(22)19-24/h3-13,18-20H,14-17H2,1-2H3,(H,30,33). The highest BCUT2D eigenvalue weighted by molar-refractivity contribution is 6.06. The van der Waals surface area contributed by atoms with Gasteiger partial charge in [0.1, 0.15) is 0 Å². The Balaban J connectivity index is 1.53. The molecule has 0 spiro atoms. The zero-order valence-electron chi connectivity index (χ0n) is 19.2. The quantitative estimate of drug-likeness (QED) is 0.439. The molecule has 4 heteroatoms. The number of rotatable bonds is 4. The van der Waals surface area contributed by atoms with Crippen LogP contribution in [-0.2, 0) is 0 Å². The molecule has 33 heavy (non-hydrogen) atoms. The summed E-state index contributed by atoms with van der Waals surface area (Å²) in [7, 11) is 2.15. The van der Waals surface area contributed by atoms with Gasteiger partial charge in [0, 0.05) is 31.7 Å². The van der Waals surface area contributed by atoms with Crippen molar-refractivity contribution in [3.05, 3.63) is 96.1 Å². The first-order valence-electron chi connectivity index (χ1n) is 11.5. The van der Waals surface area contributed by atoms with Gasteiger partial charge in [-0.2, -0.15) is 0 Å². The van der Waals surface area contributed by atoms with E-state index in [1.165, 1.54) is 10.8 Å². The summed E-state index contributed by atoms with van der Waals surface area (Å²) in [6, 6.07) is 29.1. The number of anilines is 2. The fourth-order valence-corrected chi connectivity index (χ4v) is 4.49. The van der Waals surface area contributed by atoms with Gasteiger partial charge in [0.2, 0.25) is 0 Å². The van der Waals surface area contributed by atoms with Gasteiger partial charge in [0.15, 0.2) is 0 Å². The number of fused-ring (bicyclic) bond motifs is 1. The van der Waals surface area contributed by atoms with E-state index in [1.54, 1.807) is 0 Å². The topological polar surface area (TPSA) is 35.6 Å². The average molecular weight is 436 g/mol. The number of piperazine rings is 1. The first-order valence-corrected chi connectivity index (χ1v) is 11.5. The van der Waals surface area contributed by atoms with Crippen LogP contribution < -0.4 is 10.2 Å². The van der Waals surface area contributed by atoms with Crippen molar-refractivity contribution in [3.8, 4) is 11.1 Å². The summed E-state index contributed by atoms with van der Waals surface area (Å²) in [5.41, 5.74) is 5.93. The van der Waals surface area contributed by atoms with Gasteiger partial charge in [-0.05, 0) is 66.2 Å². The lowest BCUT2D eigenvalue weighted by molar-refractivity contribution is 0.102. The van der Waals surface area contributed by atoms with E-state index in [9.17, 15) is 4.79 Å². The molecule has 1 amide bonds. The highest BCUT2D eigenvalue weighted by atomic mass is 16.1. The third kappa shape index (κ3) is 4.62. The number of hydrogen-bond donors (Lipinski definition) is 1. The Labute approximate surface area is 195 Å². The Bertz CT molecular complexity index is 1310.